The van der Waals surface area contributed by atoms with Crippen LogP contribution >= 0.6 is 15.9 Å². The van der Waals surface area contributed by atoms with Crippen LogP contribution in [0.25, 0.3) is 0 Å². The zero-order valence-electron chi connectivity index (χ0n) is 7.50. The van der Waals surface area contributed by atoms with Crippen molar-refractivity contribution in [2.75, 3.05) is 0 Å². The van der Waals surface area contributed by atoms with E-state index in [9.17, 15) is 5.11 Å². The Labute approximate surface area is 86.1 Å². The molecule has 1 aromatic heterocycles. The summed E-state index contributed by atoms with van der Waals surface area (Å²) in [4.78, 5) is 4.17. The number of pyridine rings is 1. The molecule has 0 aliphatic heterocycles. The fourth-order valence-corrected chi connectivity index (χ4v) is 1.99. The van der Waals surface area contributed by atoms with E-state index in [-0.39, 0.29) is 11.5 Å². The third-order valence-corrected chi connectivity index (χ3v) is 3.36. The van der Waals surface area contributed by atoms with E-state index >= 15 is 0 Å². The molecule has 1 heterocycles. The van der Waals surface area contributed by atoms with Crippen molar-refractivity contribution < 1.29 is 5.11 Å². The Morgan fingerprint density at radius 1 is 1.54 bits per heavy atom. The van der Waals surface area contributed by atoms with Gasteiger partial charge in [-0.15, -0.1) is 0 Å². The number of halogens is 1. The molecule has 70 valence electrons. The van der Waals surface area contributed by atoms with E-state index in [1.165, 1.54) is 0 Å². The molecule has 0 aromatic carbocycles. The molecule has 1 aliphatic carbocycles. The normalized spacial score (nSPS) is 21.2. The molecule has 0 radical (unpaired) electrons. The highest BCUT2D eigenvalue weighted by Gasteiger charge is 2.48. The fourth-order valence-electron chi connectivity index (χ4n) is 1.75. The molecule has 1 aromatic rings. The van der Waals surface area contributed by atoms with E-state index in [2.05, 4.69) is 20.9 Å². The first-order chi connectivity index (χ1) is 6.15. The minimum absolute atomic E-state index is 0.00764. The smallest absolute Gasteiger partial charge is 0.106 e. The molecule has 3 heteroatoms. The van der Waals surface area contributed by atoms with Crippen LogP contribution in [0.15, 0.2) is 22.9 Å². The summed E-state index contributed by atoms with van der Waals surface area (Å²) < 4.78 is 0.845. The molecule has 0 amide bonds. The number of hydrogen-bond donors (Lipinski definition) is 1. The molecule has 1 fully saturated rings. The van der Waals surface area contributed by atoms with Crippen molar-refractivity contribution in [2.45, 2.75) is 31.3 Å². The number of aliphatic hydroxyl groups is 1. The van der Waals surface area contributed by atoms with E-state index in [4.69, 9.17) is 0 Å². The lowest BCUT2D eigenvalue weighted by Gasteiger charge is -2.18. The van der Waals surface area contributed by atoms with Crippen molar-refractivity contribution in [3.8, 4) is 0 Å². The summed E-state index contributed by atoms with van der Waals surface area (Å²) in [6.45, 7) is 1.86. The summed E-state index contributed by atoms with van der Waals surface area (Å²) in [5.74, 6) is 0. The summed E-state index contributed by atoms with van der Waals surface area (Å²) in [7, 11) is 0. The van der Waals surface area contributed by atoms with Gasteiger partial charge in [0.2, 0.25) is 0 Å². The molecule has 0 spiro atoms. The van der Waals surface area contributed by atoms with Gasteiger partial charge in [0, 0.05) is 11.6 Å². The molecule has 1 aliphatic rings. The van der Waals surface area contributed by atoms with E-state index in [0.717, 1.165) is 23.0 Å². The largest absolute Gasteiger partial charge is 0.392 e. The van der Waals surface area contributed by atoms with Gasteiger partial charge in [-0.1, -0.05) is 6.07 Å². The van der Waals surface area contributed by atoms with Crippen LogP contribution < -0.4 is 0 Å². The van der Waals surface area contributed by atoms with Gasteiger partial charge in [-0.3, -0.25) is 0 Å². The van der Waals surface area contributed by atoms with Crippen molar-refractivity contribution >= 4 is 15.9 Å². The van der Waals surface area contributed by atoms with Crippen LogP contribution in [0.4, 0.5) is 0 Å². The Morgan fingerprint density at radius 2 is 2.23 bits per heavy atom. The highest BCUT2D eigenvalue weighted by Crippen LogP contribution is 2.50. The Kier molecular flexibility index (Phi) is 2.16. The maximum absolute atomic E-state index is 9.63. The first-order valence-electron chi connectivity index (χ1n) is 4.45. The first kappa shape index (κ1) is 9.16. The molecule has 2 nitrogen and oxygen atoms in total. The molecular weight excluding hydrogens is 230 g/mol. The average Bonchev–Trinajstić information content (AvgIpc) is 2.86. The standard InChI is InChI=1S/C10H12BrNO/c1-7(13)10(4-5-10)8-2-3-9(11)12-6-8/h2-3,6-7,13H,4-5H2,1H3. The Bertz CT molecular complexity index is 303. The number of rotatable bonds is 2. The third-order valence-electron chi connectivity index (χ3n) is 2.89. The van der Waals surface area contributed by atoms with Gasteiger partial charge >= 0.3 is 0 Å². The quantitative estimate of drug-likeness (QED) is 0.807. The van der Waals surface area contributed by atoms with Crippen molar-refractivity contribution in [3.63, 3.8) is 0 Å². The minimum atomic E-state index is -0.268. The van der Waals surface area contributed by atoms with Crippen LogP contribution in [0.3, 0.4) is 0 Å². The van der Waals surface area contributed by atoms with Crippen molar-refractivity contribution in [3.05, 3.63) is 28.5 Å². The number of nitrogens with zero attached hydrogens (tertiary/aromatic N) is 1. The van der Waals surface area contributed by atoms with E-state index in [1.54, 1.807) is 0 Å². The molecular formula is C10H12BrNO. The van der Waals surface area contributed by atoms with E-state index in [0.29, 0.717) is 0 Å². The van der Waals surface area contributed by atoms with Gasteiger partial charge in [0.25, 0.3) is 0 Å². The van der Waals surface area contributed by atoms with Crippen LogP contribution in [0, 0.1) is 0 Å². The maximum Gasteiger partial charge on any atom is 0.106 e. The number of aliphatic hydroxyl groups excluding tert-OH is 1. The monoisotopic (exact) mass is 241 g/mol. The molecule has 1 N–H and O–H groups in total. The Balaban J connectivity index is 2.31. The van der Waals surface area contributed by atoms with Gasteiger partial charge < -0.3 is 5.11 Å². The second-order valence-corrected chi connectivity index (χ2v) is 4.51. The molecule has 2 rings (SSSR count). The lowest BCUT2D eigenvalue weighted by molar-refractivity contribution is 0.150. The molecule has 1 atom stereocenters. The van der Waals surface area contributed by atoms with Gasteiger partial charge in [-0.05, 0) is 47.3 Å². The molecule has 1 unspecified atom stereocenters. The van der Waals surface area contributed by atoms with Gasteiger partial charge in [0.15, 0.2) is 0 Å². The second-order valence-electron chi connectivity index (χ2n) is 3.70. The summed E-state index contributed by atoms with van der Waals surface area (Å²) in [6, 6.07) is 3.97. The first-order valence-corrected chi connectivity index (χ1v) is 5.24. The van der Waals surface area contributed by atoms with Crippen LogP contribution in [0.5, 0.6) is 0 Å². The van der Waals surface area contributed by atoms with E-state index in [1.807, 2.05) is 25.3 Å². The van der Waals surface area contributed by atoms with Crippen molar-refractivity contribution in [1.29, 1.82) is 0 Å². The van der Waals surface area contributed by atoms with Gasteiger partial charge in [0.05, 0.1) is 6.10 Å². The third kappa shape index (κ3) is 1.51. The average molecular weight is 242 g/mol. The van der Waals surface area contributed by atoms with E-state index < -0.39 is 0 Å². The summed E-state index contributed by atoms with van der Waals surface area (Å²) in [5.41, 5.74) is 1.17. The molecule has 0 saturated heterocycles. The van der Waals surface area contributed by atoms with Crippen LogP contribution in [0.1, 0.15) is 25.3 Å². The van der Waals surface area contributed by atoms with Crippen LogP contribution in [-0.2, 0) is 5.41 Å². The number of hydrogen-bond acceptors (Lipinski definition) is 2. The Hall–Kier alpha value is -0.410. The maximum atomic E-state index is 9.63. The Morgan fingerprint density at radius 3 is 2.62 bits per heavy atom. The highest BCUT2D eigenvalue weighted by atomic mass is 79.9. The predicted octanol–water partition coefficient (Wildman–Crippen LogP) is 2.26. The van der Waals surface area contributed by atoms with Crippen molar-refractivity contribution in [2.24, 2.45) is 0 Å². The minimum Gasteiger partial charge on any atom is -0.392 e. The summed E-state index contributed by atoms with van der Waals surface area (Å²) in [5, 5.41) is 9.63. The lowest BCUT2D eigenvalue weighted by atomic mass is 9.92. The topological polar surface area (TPSA) is 33.1 Å². The fraction of sp³-hybridized carbons (Fsp3) is 0.500. The zero-order chi connectivity index (χ0) is 9.47. The zero-order valence-corrected chi connectivity index (χ0v) is 9.08. The van der Waals surface area contributed by atoms with Gasteiger partial charge in [-0.2, -0.15) is 0 Å². The van der Waals surface area contributed by atoms with Crippen LogP contribution in [-0.4, -0.2) is 16.2 Å². The van der Waals surface area contributed by atoms with Gasteiger partial charge in [0.1, 0.15) is 4.60 Å². The van der Waals surface area contributed by atoms with Crippen molar-refractivity contribution in [1.82, 2.24) is 4.98 Å². The van der Waals surface area contributed by atoms with Gasteiger partial charge in [-0.25, -0.2) is 4.98 Å². The molecule has 0 bridgehead atoms. The number of aromatic nitrogens is 1. The SMILES string of the molecule is CC(O)C1(c2ccc(Br)nc2)CC1. The van der Waals surface area contributed by atoms with Crippen LogP contribution in [0.2, 0.25) is 0 Å². The highest BCUT2D eigenvalue weighted by molar-refractivity contribution is 9.10. The molecule has 13 heavy (non-hydrogen) atoms. The summed E-state index contributed by atoms with van der Waals surface area (Å²) in [6.07, 6.45) is 3.74. The lowest BCUT2D eigenvalue weighted by Crippen LogP contribution is -2.22. The second kappa shape index (κ2) is 3.07. The summed E-state index contributed by atoms with van der Waals surface area (Å²) >= 11 is 3.30. The predicted molar refractivity (Wildman–Crippen MR) is 54.5 cm³/mol. The molecule has 1 saturated carbocycles.